The van der Waals surface area contributed by atoms with E-state index in [-0.39, 0.29) is 10.7 Å². The van der Waals surface area contributed by atoms with E-state index in [1.54, 1.807) is 28.3 Å². The summed E-state index contributed by atoms with van der Waals surface area (Å²) in [5.41, 5.74) is 0.892. The minimum absolute atomic E-state index is 0.00422. The molecule has 0 aliphatic carbocycles. The first kappa shape index (κ1) is 10.6. The molecule has 1 heterocycles. The normalized spacial score (nSPS) is 10.5. The number of thiazole rings is 1. The number of benzene rings is 1. The lowest BCUT2D eigenvalue weighted by molar-refractivity contribution is 0.619. The van der Waals surface area contributed by atoms with E-state index in [1.807, 2.05) is 0 Å². The number of rotatable bonds is 2. The first-order valence-corrected chi connectivity index (χ1v) is 5.92. The highest BCUT2D eigenvalue weighted by molar-refractivity contribution is 9.10. The van der Waals surface area contributed by atoms with Crippen LogP contribution < -0.4 is 4.87 Å². The molecule has 0 saturated carbocycles. The molecule has 0 radical (unpaired) electrons. The molecule has 2 nitrogen and oxygen atoms in total. The van der Waals surface area contributed by atoms with Crippen LogP contribution in [-0.2, 0) is 6.54 Å². The summed E-state index contributed by atoms with van der Waals surface area (Å²) in [4.78, 5) is 11.3. The summed E-state index contributed by atoms with van der Waals surface area (Å²) in [7, 11) is 0. The molecule has 78 valence electrons. The van der Waals surface area contributed by atoms with Crippen molar-refractivity contribution in [1.82, 2.24) is 4.57 Å². The van der Waals surface area contributed by atoms with Gasteiger partial charge < -0.3 is 4.57 Å². The molecule has 0 aliphatic heterocycles. The second-order valence-electron chi connectivity index (χ2n) is 3.05. The van der Waals surface area contributed by atoms with Gasteiger partial charge in [0.2, 0.25) is 0 Å². The maximum atomic E-state index is 12.9. The Bertz CT molecular complexity index is 534. The van der Waals surface area contributed by atoms with Gasteiger partial charge in [0.1, 0.15) is 5.82 Å². The van der Waals surface area contributed by atoms with Crippen molar-refractivity contribution in [3.8, 4) is 0 Å². The number of hydrogen-bond acceptors (Lipinski definition) is 2. The first-order chi connectivity index (χ1) is 7.16. The summed E-state index contributed by atoms with van der Waals surface area (Å²) < 4.78 is 15.0. The Labute approximate surface area is 98.1 Å². The SMILES string of the molecule is O=c1sccn1Cc1ccc(F)c(Br)c1. The average molecular weight is 288 g/mol. The molecular formula is C10H7BrFNOS. The lowest BCUT2D eigenvalue weighted by Crippen LogP contribution is -2.12. The maximum Gasteiger partial charge on any atom is 0.307 e. The molecule has 1 aromatic heterocycles. The van der Waals surface area contributed by atoms with E-state index in [0.717, 1.165) is 16.9 Å². The van der Waals surface area contributed by atoms with E-state index >= 15 is 0 Å². The van der Waals surface area contributed by atoms with Crippen molar-refractivity contribution in [3.63, 3.8) is 0 Å². The number of halogens is 2. The Morgan fingerprint density at radius 3 is 2.87 bits per heavy atom. The van der Waals surface area contributed by atoms with Crippen LogP contribution >= 0.6 is 27.3 Å². The third-order valence-corrected chi connectivity index (χ3v) is 3.28. The molecule has 5 heteroatoms. The summed E-state index contributed by atoms with van der Waals surface area (Å²) in [6.45, 7) is 0.473. The highest BCUT2D eigenvalue weighted by Gasteiger charge is 2.02. The first-order valence-electron chi connectivity index (χ1n) is 4.24. The highest BCUT2D eigenvalue weighted by Crippen LogP contribution is 2.17. The number of aromatic nitrogens is 1. The molecule has 15 heavy (non-hydrogen) atoms. The smallest absolute Gasteiger partial charge is 0.302 e. The van der Waals surface area contributed by atoms with Crippen LogP contribution in [0.4, 0.5) is 4.39 Å². The van der Waals surface area contributed by atoms with Crippen LogP contribution in [0.1, 0.15) is 5.56 Å². The Balaban J connectivity index is 2.29. The van der Waals surface area contributed by atoms with E-state index in [2.05, 4.69) is 15.9 Å². The minimum atomic E-state index is -0.295. The fourth-order valence-corrected chi connectivity index (χ4v) is 2.25. The predicted molar refractivity (Wildman–Crippen MR) is 61.8 cm³/mol. The quantitative estimate of drug-likeness (QED) is 0.833. The van der Waals surface area contributed by atoms with Gasteiger partial charge >= 0.3 is 4.87 Å². The van der Waals surface area contributed by atoms with E-state index in [1.165, 1.54) is 6.07 Å². The zero-order valence-electron chi connectivity index (χ0n) is 7.61. The van der Waals surface area contributed by atoms with Gasteiger partial charge in [-0.25, -0.2) is 4.39 Å². The zero-order valence-corrected chi connectivity index (χ0v) is 10.0. The molecule has 0 spiro atoms. The largest absolute Gasteiger partial charge is 0.307 e. The lowest BCUT2D eigenvalue weighted by Gasteiger charge is -2.02. The van der Waals surface area contributed by atoms with Gasteiger partial charge in [-0.3, -0.25) is 4.79 Å². The van der Waals surface area contributed by atoms with Crippen molar-refractivity contribution in [1.29, 1.82) is 0 Å². The van der Waals surface area contributed by atoms with Gasteiger partial charge in [0, 0.05) is 11.6 Å². The standard InChI is InChI=1S/C10H7BrFNOS/c11-8-5-7(1-2-9(8)12)6-13-3-4-15-10(13)14/h1-5H,6H2. The zero-order chi connectivity index (χ0) is 10.8. The van der Waals surface area contributed by atoms with Gasteiger partial charge in [-0.2, -0.15) is 0 Å². The van der Waals surface area contributed by atoms with Crippen LogP contribution in [0.25, 0.3) is 0 Å². The summed E-state index contributed by atoms with van der Waals surface area (Å²) in [5, 5.41) is 1.74. The molecule has 2 aromatic rings. The number of nitrogens with zero attached hydrogens (tertiary/aromatic N) is 1. The van der Waals surface area contributed by atoms with Crippen molar-refractivity contribution in [2.24, 2.45) is 0 Å². The Hall–Kier alpha value is -0.940. The Kier molecular flexibility index (Phi) is 3.02. The summed E-state index contributed by atoms with van der Waals surface area (Å²) in [6, 6.07) is 4.74. The molecule has 0 atom stereocenters. The number of hydrogen-bond donors (Lipinski definition) is 0. The Morgan fingerprint density at radius 1 is 1.47 bits per heavy atom. The topological polar surface area (TPSA) is 22.0 Å². The van der Waals surface area contributed by atoms with Gasteiger partial charge in [0.15, 0.2) is 0 Å². The van der Waals surface area contributed by atoms with E-state index in [9.17, 15) is 9.18 Å². The fraction of sp³-hybridized carbons (Fsp3) is 0.100. The maximum absolute atomic E-state index is 12.9. The van der Waals surface area contributed by atoms with Crippen molar-refractivity contribution in [3.05, 3.63) is 55.3 Å². The van der Waals surface area contributed by atoms with Gasteiger partial charge in [-0.1, -0.05) is 17.4 Å². The van der Waals surface area contributed by atoms with E-state index < -0.39 is 0 Å². The van der Waals surface area contributed by atoms with Gasteiger partial charge in [0.25, 0.3) is 0 Å². The van der Waals surface area contributed by atoms with Gasteiger partial charge in [-0.05, 0) is 33.6 Å². The van der Waals surface area contributed by atoms with Crippen LogP contribution in [0.2, 0.25) is 0 Å². The monoisotopic (exact) mass is 287 g/mol. The van der Waals surface area contributed by atoms with Crippen molar-refractivity contribution in [2.45, 2.75) is 6.54 Å². The molecule has 0 unspecified atom stereocenters. The Morgan fingerprint density at radius 2 is 2.27 bits per heavy atom. The summed E-state index contributed by atoms with van der Waals surface area (Å²) >= 11 is 4.26. The van der Waals surface area contributed by atoms with Gasteiger partial charge in [-0.15, -0.1) is 0 Å². The molecule has 0 amide bonds. The molecule has 0 aliphatic rings. The molecule has 0 saturated heterocycles. The second kappa shape index (κ2) is 4.28. The molecule has 2 rings (SSSR count). The summed E-state index contributed by atoms with van der Waals surface area (Å²) in [6.07, 6.45) is 1.73. The molecule has 1 aromatic carbocycles. The minimum Gasteiger partial charge on any atom is -0.302 e. The van der Waals surface area contributed by atoms with Crippen LogP contribution in [0.3, 0.4) is 0 Å². The van der Waals surface area contributed by atoms with E-state index in [4.69, 9.17) is 0 Å². The van der Waals surface area contributed by atoms with Crippen LogP contribution in [0, 0.1) is 5.82 Å². The molecule has 0 N–H and O–H groups in total. The van der Waals surface area contributed by atoms with Crippen LogP contribution in [-0.4, -0.2) is 4.57 Å². The lowest BCUT2D eigenvalue weighted by atomic mass is 10.2. The fourth-order valence-electron chi connectivity index (χ4n) is 1.24. The third-order valence-electron chi connectivity index (χ3n) is 1.98. The van der Waals surface area contributed by atoms with Crippen molar-refractivity contribution >= 4 is 27.3 Å². The van der Waals surface area contributed by atoms with Crippen molar-refractivity contribution < 1.29 is 4.39 Å². The second-order valence-corrected chi connectivity index (χ2v) is 4.76. The third kappa shape index (κ3) is 2.35. The van der Waals surface area contributed by atoms with E-state index in [0.29, 0.717) is 11.0 Å². The van der Waals surface area contributed by atoms with Crippen molar-refractivity contribution in [2.75, 3.05) is 0 Å². The highest BCUT2D eigenvalue weighted by atomic mass is 79.9. The molecular weight excluding hydrogens is 281 g/mol. The van der Waals surface area contributed by atoms with Crippen LogP contribution in [0.15, 0.2) is 39.0 Å². The predicted octanol–water partition coefficient (Wildman–Crippen LogP) is 2.86. The van der Waals surface area contributed by atoms with Crippen LogP contribution in [0.5, 0.6) is 0 Å². The molecule has 0 fully saturated rings. The summed E-state index contributed by atoms with van der Waals surface area (Å²) in [5.74, 6) is -0.295. The molecule has 0 bridgehead atoms. The van der Waals surface area contributed by atoms with Gasteiger partial charge in [0.05, 0.1) is 11.0 Å². The average Bonchev–Trinajstić information content (AvgIpc) is 2.59.